The first-order valence-corrected chi connectivity index (χ1v) is 6.08. The van der Waals surface area contributed by atoms with Crippen molar-refractivity contribution in [3.05, 3.63) is 29.8 Å². The van der Waals surface area contributed by atoms with Gasteiger partial charge in [0.2, 0.25) is 0 Å². The van der Waals surface area contributed by atoms with Gasteiger partial charge in [-0.1, -0.05) is 12.1 Å². The number of rotatable bonds is 3. The van der Waals surface area contributed by atoms with Crippen LogP contribution >= 0.6 is 11.6 Å². The molecule has 1 aliphatic heterocycles. The molecule has 3 heteroatoms. The van der Waals surface area contributed by atoms with E-state index in [9.17, 15) is 0 Å². The molecule has 0 aromatic heterocycles. The van der Waals surface area contributed by atoms with Gasteiger partial charge >= 0.3 is 0 Å². The Labute approximate surface area is 102 Å². The molecule has 0 amide bonds. The second kappa shape index (κ2) is 5.07. The molecule has 1 aromatic carbocycles. The quantitative estimate of drug-likeness (QED) is 0.753. The number of methoxy groups -OCH3 is 1. The highest BCUT2D eigenvalue weighted by Gasteiger charge is 2.29. The Hall–Kier alpha value is -0.730. The van der Waals surface area contributed by atoms with Crippen molar-refractivity contribution in [1.82, 2.24) is 0 Å². The van der Waals surface area contributed by atoms with Crippen LogP contribution in [0, 0.1) is 0 Å². The molecule has 1 aliphatic rings. The summed E-state index contributed by atoms with van der Waals surface area (Å²) in [5, 5.41) is -0.0594. The summed E-state index contributed by atoms with van der Waals surface area (Å²) in [6, 6.07) is 7.87. The lowest BCUT2D eigenvalue weighted by molar-refractivity contribution is 0.0533. The maximum absolute atomic E-state index is 6.41. The predicted molar refractivity (Wildman–Crippen MR) is 65.2 cm³/mol. The normalized spacial score (nSPS) is 26.7. The van der Waals surface area contributed by atoms with Gasteiger partial charge in [0.15, 0.2) is 0 Å². The first-order chi connectivity index (χ1) is 7.70. The SMILES string of the molecule is COc1ccc(C(Cl)C2CCC(C)O2)cc1. The van der Waals surface area contributed by atoms with Gasteiger partial charge in [0.05, 0.1) is 24.7 Å². The van der Waals surface area contributed by atoms with Crippen LogP contribution in [-0.4, -0.2) is 19.3 Å². The third-order valence-corrected chi connectivity index (χ3v) is 3.56. The van der Waals surface area contributed by atoms with E-state index in [-0.39, 0.29) is 11.5 Å². The third-order valence-electron chi connectivity index (χ3n) is 3.03. The number of hydrogen-bond donors (Lipinski definition) is 0. The van der Waals surface area contributed by atoms with E-state index in [4.69, 9.17) is 21.1 Å². The van der Waals surface area contributed by atoms with Crippen LogP contribution in [-0.2, 0) is 4.74 Å². The molecular formula is C13H17ClO2. The minimum Gasteiger partial charge on any atom is -0.497 e. The van der Waals surface area contributed by atoms with E-state index in [2.05, 4.69) is 6.92 Å². The van der Waals surface area contributed by atoms with Crippen molar-refractivity contribution >= 4 is 11.6 Å². The molecule has 1 aromatic rings. The van der Waals surface area contributed by atoms with Crippen molar-refractivity contribution in [2.75, 3.05) is 7.11 Å². The molecule has 3 atom stereocenters. The molecule has 0 aliphatic carbocycles. The van der Waals surface area contributed by atoms with Crippen LogP contribution in [0.4, 0.5) is 0 Å². The Balaban J connectivity index is 2.05. The highest BCUT2D eigenvalue weighted by Crippen LogP contribution is 2.35. The molecule has 0 saturated carbocycles. The van der Waals surface area contributed by atoms with Gasteiger partial charge in [-0.15, -0.1) is 11.6 Å². The topological polar surface area (TPSA) is 18.5 Å². The minimum absolute atomic E-state index is 0.0594. The molecule has 2 rings (SSSR count). The van der Waals surface area contributed by atoms with E-state index in [1.165, 1.54) is 0 Å². The smallest absolute Gasteiger partial charge is 0.118 e. The highest BCUT2D eigenvalue weighted by molar-refractivity contribution is 6.21. The Kier molecular flexibility index (Phi) is 3.72. The monoisotopic (exact) mass is 240 g/mol. The highest BCUT2D eigenvalue weighted by atomic mass is 35.5. The lowest BCUT2D eigenvalue weighted by Crippen LogP contribution is -2.14. The number of benzene rings is 1. The fraction of sp³-hybridized carbons (Fsp3) is 0.538. The molecule has 88 valence electrons. The van der Waals surface area contributed by atoms with Gasteiger partial charge in [-0.05, 0) is 37.5 Å². The maximum Gasteiger partial charge on any atom is 0.118 e. The lowest BCUT2D eigenvalue weighted by Gasteiger charge is -2.18. The summed E-state index contributed by atoms with van der Waals surface area (Å²) < 4.78 is 10.9. The van der Waals surface area contributed by atoms with Crippen molar-refractivity contribution in [1.29, 1.82) is 0 Å². The Morgan fingerprint density at radius 1 is 1.31 bits per heavy atom. The molecule has 0 radical (unpaired) electrons. The fourth-order valence-corrected chi connectivity index (χ4v) is 2.38. The molecule has 2 nitrogen and oxygen atoms in total. The largest absolute Gasteiger partial charge is 0.497 e. The van der Waals surface area contributed by atoms with Gasteiger partial charge in [-0.3, -0.25) is 0 Å². The second-order valence-electron chi connectivity index (χ2n) is 4.24. The number of ether oxygens (including phenoxy) is 2. The molecule has 0 N–H and O–H groups in total. The van der Waals surface area contributed by atoms with E-state index in [0.717, 1.165) is 24.2 Å². The minimum atomic E-state index is -0.0594. The summed E-state index contributed by atoms with van der Waals surface area (Å²) in [6.07, 6.45) is 2.63. The van der Waals surface area contributed by atoms with Crippen LogP contribution in [0.15, 0.2) is 24.3 Å². The second-order valence-corrected chi connectivity index (χ2v) is 4.71. The van der Waals surface area contributed by atoms with Crippen molar-refractivity contribution in [2.24, 2.45) is 0 Å². The van der Waals surface area contributed by atoms with E-state index >= 15 is 0 Å². The predicted octanol–water partition coefficient (Wildman–Crippen LogP) is 3.54. The Morgan fingerprint density at radius 3 is 2.50 bits per heavy atom. The number of halogens is 1. The molecule has 16 heavy (non-hydrogen) atoms. The summed E-state index contributed by atoms with van der Waals surface area (Å²) in [7, 11) is 1.66. The first kappa shape index (κ1) is 11.7. The lowest BCUT2D eigenvalue weighted by atomic mass is 10.0. The molecule has 1 saturated heterocycles. The van der Waals surface area contributed by atoms with Crippen LogP contribution < -0.4 is 4.74 Å². The van der Waals surface area contributed by atoms with Crippen molar-refractivity contribution < 1.29 is 9.47 Å². The van der Waals surface area contributed by atoms with Crippen LogP contribution in [0.1, 0.15) is 30.7 Å². The van der Waals surface area contributed by atoms with Crippen LogP contribution in [0.5, 0.6) is 5.75 Å². The van der Waals surface area contributed by atoms with Crippen LogP contribution in [0.2, 0.25) is 0 Å². The zero-order valence-corrected chi connectivity index (χ0v) is 10.4. The molecule has 1 heterocycles. The van der Waals surface area contributed by atoms with Crippen molar-refractivity contribution in [3.8, 4) is 5.75 Å². The van der Waals surface area contributed by atoms with Crippen molar-refractivity contribution in [3.63, 3.8) is 0 Å². The van der Waals surface area contributed by atoms with E-state index < -0.39 is 0 Å². The number of alkyl halides is 1. The fourth-order valence-electron chi connectivity index (χ4n) is 2.05. The average Bonchev–Trinajstić information content (AvgIpc) is 2.75. The van der Waals surface area contributed by atoms with Gasteiger partial charge in [0, 0.05) is 0 Å². The average molecular weight is 241 g/mol. The third kappa shape index (κ3) is 2.50. The zero-order valence-electron chi connectivity index (χ0n) is 9.65. The van der Waals surface area contributed by atoms with Gasteiger partial charge in [-0.2, -0.15) is 0 Å². The van der Waals surface area contributed by atoms with Crippen LogP contribution in [0.3, 0.4) is 0 Å². The zero-order chi connectivity index (χ0) is 11.5. The standard InChI is InChI=1S/C13H17ClO2/c1-9-3-8-12(16-9)13(14)10-4-6-11(15-2)7-5-10/h4-7,9,12-13H,3,8H2,1-2H3. The molecule has 1 fully saturated rings. The van der Waals surface area contributed by atoms with Crippen LogP contribution in [0.25, 0.3) is 0 Å². The molecule has 0 spiro atoms. The van der Waals surface area contributed by atoms with Gasteiger partial charge in [0.1, 0.15) is 5.75 Å². The summed E-state index contributed by atoms with van der Waals surface area (Å²) in [5.74, 6) is 0.855. The van der Waals surface area contributed by atoms with Gasteiger partial charge in [-0.25, -0.2) is 0 Å². The summed E-state index contributed by atoms with van der Waals surface area (Å²) in [5.41, 5.74) is 1.10. The molecule has 0 bridgehead atoms. The Morgan fingerprint density at radius 2 is 2.00 bits per heavy atom. The molecule has 3 unspecified atom stereocenters. The van der Waals surface area contributed by atoms with E-state index in [0.29, 0.717) is 6.10 Å². The van der Waals surface area contributed by atoms with Gasteiger partial charge in [0.25, 0.3) is 0 Å². The van der Waals surface area contributed by atoms with Crippen molar-refractivity contribution in [2.45, 2.75) is 37.4 Å². The number of hydrogen-bond acceptors (Lipinski definition) is 2. The first-order valence-electron chi connectivity index (χ1n) is 5.64. The van der Waals surface area contributed by atoms with E-state index in [1.807, 2.05) is 24.3 Å². The summed E-state index contributed by atoms with van der Waals surface area (Å²) in [6.45, 7) is 2.09. The van der Waals surface area contributed by atoms with Gasteiger partial charge < -0.3 is 9.47 Å². The summed E-state index contributed by atoms with van der Waals surface area (Å²) >= 11 is 6.41. The maximum atomic E-state index is 6.41. The Bertz CT molecular complexity index is 336. The molecular weight excluding hydrogens is 224 g/mol. The summed E-state index contributed by atoms with van der Waals surface area (Å²) in [4.78, 5) is 0. The van der Waals surface area contributed by atoms with E-state index in [1.54, 1.807) is 7.11 Å².